The lowest BCUT2D eigenvalue weighted by Gasteiger charge is -2.24. The van der Waals surface area contributed by atoms with E-state index < -0.39 is 30.4 Å². The molecule has 2 rings (SSSR count). The van der Waals surface area contributed by atoms with Crippen LogP contribution in [-0.4, -0.2) is 42.8 Å². The topological polar surface area (TPSA) is 117 Å². The van der Waals surface area contributed by atoms with E-state index in [1.165, 1.54) is 0 Å². The van der Waals surface area contributed by atoms with Gasteiger partial charge >= 0.3 is 11.9 Å². The molecule has 0 saturated heterocycles. The Morgan fingerprint density at radius 1 is 1.03 bits per heavy atom. The molecule has 0 aromatic heterocycles. The van der Waals surface area contributed by atoms with Crippen LogP contribution in [0.4, 0.5) is 0 Å². The zero-order valence-electron chi connectivity index (χ0n) is 19.3. The van der Waals surface area contributed by atoms with Crippen molar-refractivity contribution in [2.24, 2.45) is 5.73 Å². The molecule has 186 valence electrons. The predicted octanol–water partition coefficient (Wildman–Crippen LogP) is 3.67. The number of hydrogen-bond acceptors (Lipinski definition) is 7. The molecule has 0 bridgehead atoms. The highest BCUT2D eigenvalue weighted by Crippen LogP contribution is 2.20. The quantitative estimate of drug-likeness (QED) is 0.348. The summed E-state index contributed by atoms with van der Waals surface area (Å²) >= 11 is 5.83. The molecule has 0 fully saturated rings. The van der Waals surface area contributed by atoms with Crippen LogP contribution in [0.25, 0.3) is 0 Å². The molecule has 0 aliphatic rings. The average Bonchev–Trinajstić information content (AvgIpc) is 2.79. The van der Waals surface area contributed by atoms with Crippen molar-refractivity contribution >= 4 is 41.9 Å². The number of carbonyl (C=O) groups excluding carboxylic acids is 3. The number of carbonyl (C=O) groups is 3. The average molecular weight is 513 g/mol. The van der Waals surface area contributed by atoms with Crippen molar-refractivity contribution in [2.45, 2.75) is 45.3 Å². The normalized spacial score (nSPS) is 11.6. The zero-order chi connectivity index (χ0) is 24.4. The summed E-state index contributed by atoms with van der Waals surface area (Å²) in [6.07, 6.45) is 1.04. The largest absolute Gasteiger partial charge is 0.476 e. The lowest BCUT2D eigenvalue weighted by Crippen LogP contribution is -2.40. The second kappa shape index (κ2) is 13.8. The molecule has 0 spiro atoms. The maximum atomic E-state index is 12.3. The molecule has 0 radical (unpaired) electrons. The van der Waals surface area contributed by atoms with Crippen molar-refractivity contribution in [3.05, 3.63) is 64.7 Å². The van der Waals surface area contributed by atoms with Gasteiger partial charge in [0.05, 0.1) is 0 Å². The summed E-state index contributed by atoms with van der Waals surface area (Å²) in [5, 5.41) is 3.43. The molecule has 0 heterocycles. The lowest BCUT2D eigenvalue weighted by atomic mass is 10.1. The molecule has 1 amide bonds. The number of halogens is 2. The molecule has 1 atom stereocenters. The Bertz CT molecular complexity index is 949. The molecule has 2 aromatic rings. The van der Waals surface area contributed by atoms with Gasteiger partial charge in [-0.3, -0.25) is 9.59 Å². The highest BCUT2D eigenvalue weighted by Gasteiger charge is 2.32. The summed E-state index contributed by atoms with van der Waals surface area (Å²) in [7, 11) is 0. The van der Waals surface area contributed by atoms with Crippen LogP contribution in [-0.2, 0) is 25.5 Å². The third-order valence-electron chi connectivity index (χ3n) is 4.73. The van der Waals surface area contributed by atoms with E-state index in [0.29, 0.717) is 35.7 Å². The molecule has 0 aliphatic heterocycles. The summed E-state index contributed by atoms with van der Waals surface area (Å²) in [6.45, 7) is 4.78. The van der Waals surface area contributed by atoms with Crippen LogP contribution in [0.5, 0.6) is 5.75 Å². The maximum absolute atomic E-state index is 12.3. The van der Waals surface area contributed by atoms with Crippen molar-refractivity contribution < 1.29 is 28.6 Å². The van der Waals surface area contributed by atoms with Crippen LogP contribution in [0.15, 0.2) is 48.5 Å². The minimum absolute atomic E-state index is 0. The molecule has 34 heavy (non-hydrogen) atoms. The van der Waals surface area contributed by atoms with E-state index >= 15 is 0 Å². The first-order chi connectivity index (χ1) is 15.6. The Balaban J connectivity index is 0.00000578. The highest BCUT2D eigenvalue weighted by molar-refractivity contribution is 6.30. The zero-order valence-corrected chi connectivity index (χ0v) is 20.9. The molecule has 3 N–H and O–H groups in total. The van der Waals surface area contributed by atoms with Gasteiger partial charge in [0, 0.05) is 17.1 Å². The third kappa shape index (κ3) is 9.21. The van der Waals surface area contributed by atoms with Gasteiger partial charge in [0.1, 0.15) is 11.8 Å². The Hall–Kier alpha value is -2.81. The number of ether oxygens (including phenoxy) is 3. The van der Waals surface area contributed by atoms with Gasteiger partial charge < -0.3 is 25.3 Å². The summed E-state index contributed by atoms with van der Waals surface area (Å²) < 4.78 is 15.5. The molecule has 1 unspecified atom stereocenters. The highest BCUT2D eigenvalue weighted by atomic mass is 35.5. The number of benzene rings is 2. The van der Waals surface area contributed by atoms with Crippen LogP contribution in [0.1, 0.15) is 43.1 Å². The summed E-state index contributed by atoms with van der Waals surface area (Å²) in [6, 6.07) is 13.1. The SMILES string of the molecule is CCC(N)C(=O)OCOC(=O)C(C)(C)Oc1ccc(CCNC(=O)c2ccc(Cl)cc2)cc1.Cl. The lowest BCUT2D eigenvalue weighted by molar-refractivity contribution is -0.178. The smallest absolute Gasteiger partial charge is 0.352 e. The number of amides is 1. The Kier molecular flexibility index (Phi) is 11.9. The Morgan fingerprint density at radius 2 is 1.65 bits per heavy atom. The second-order valence-corrected chi connectivity index (χ2v) is 8.23. The van der Waals surface area contributed by atoms with Gasteiger partial charge in [-0.05, 0) is 68.7 Å². The fourth-order valence-corrected chi connectivity index (χ4v) is 2.80. The maximum Gasteiger partial charge on any atom is 0.352 e. The third-order valence-corrected chi connectivity index (χ3v) is 4.98. The first-order valence-electron chi connectivity index (χ1n) is 10.5. The van der Waals surface area contributed by atoms with E-state index in [2.05, 4.69) is 5.32 Å². The Labute approximate surface area is 210 Å². The van der Waals surface area contributed by atoms with Crippen molar-refractivity contribution in [3.8, 4) is 5.75 Å². The number of esters is 2. The van der Waals surface area contributed by atoms with E-state index in [9.17, 15) is 14.4 Å². The van der Waals surface area contributed by atoms with E-state index in [0.717, 1.165) is 5.56 Å². The van der Waals surface area contributed by atoms with Crippen LogP contribution in [0, 0.1) is 0 Å². The fourth-order valence-electron chi connectivity index (χ4n) is 2.67. The monoisotopic (exact) mass is 512 g/mol. The predicted molar refractivity (Wildman–Crippen MR) is 131 cm³/mol. The van der Waals surface area contributed by atoms with Crippen LogP contribution < -0.4 is 15.8 Å². The summed E-state index contributed by atoms with van der Waals surface area (Å²) in [5.41, 5.74) is 5.77. The number of nitrogens with two attached hydrogens (primary N) is 1. The molecule has 8 nitrogen and oxygen atoms in total. The summed E-state index contributed by atoms with van der Waals surface area (Å²) in [5.74, 6) is -1.02. The van der Waals surface area contributed by atoms with Crippen LogP contribution in [0.3, 0.4) is 0 Å². The van der Waals surface area contributed by atoms with Gasteiger partial charge in [0.15, 0.2) is 5.60 Å². The van der Waals surface area contributed by atoms with Crippen molar-refractivity contribution in [2.75, 3.05) is 13.3 Å². The second-order valence-electron chi connectivity index (χ2n) is 7.80. The van der Waals surface area contributed by atoms with Crippen LogP contribution >= 0.6 is 24.0 Å². The minimum Gasteiger partial charge on any atom is -0.476 e. The molecule has 10 heteroatoms. The van der Waals surface area contributed by atoms with Gasteiger partial charge in [-0.1, -0.05) is 30.7 Å². The van der Waals surface area contributed by atoms with Gasteiger partial charge in [0.2, 0.25) is 6.79 Å². The first kappa shape index (κ1) is 29.2. The van der Waals surface area contributed by atoms with Crippen molar-refractivity contribution in [1.29, 1.82) is 0 Å². The first-order valence-corrected chi connectivity index (χ1v) is 10.9. The number of hydrogen-bond donors (Lipinski definition) is 2. The van der Waals surface area contributed by atoms with Gasteiger partial charge in [0.25, 0.3) is 5.91 Å². The molecule has 0 saturated carbocycles. The van der Waals surface area contributed by atoms with Crippen molar-refractivity contribution in [3.63, 3.8) is 0 Å². The van der Waals surface area contributed by atoms with E-state index in [1.807, 2.05) is 12.1 Å². The van der Waals surface area contributed by atoms with Gasteiger partial charge in [-0.2, -0.15) is 0 Å². The molecule has 2 aromatic carbocycles. The molecule has 0 aliphatic carbocycles. The summed E-state index contributed by atoms with van der Waals surface area (Å²) in [4.78, 5) is 35.9. The van der Waals surface area contributed by atoms with Gasteiger partial charge in [-0.15, -0.1) is 12.4 Å². The van der Waals surface area contributed by atoms with Crippen LogP contribution in [0.2, 0.25) is 5.02 Å². The van der Waals surface area contributed by atoms with E-state index in [-0.39, 0.29) is 18.3 Å². The number of rotatable bonds is 11. The number of nitrogens with one attached hydrogen (secondary N) is 1. The van der Waals surface area contributed by atoms with Gasteiger partial charge in [-0.25, -0.2) is 4.79 Å². The fraction of sp³-hybridized carbons (Fsp3) is 0.375. The minimum atomic E-state index is -1.30. The van der Waals surface area contributed by atoms with E-state index in [1.54, 1.807) is 57.2 Å². The Morgan fingerprint density at radius 3 is 2.24 bits per heavy atom. The molecular weight excluding hydrogens is 483 g/mol. The molecular formula is C24H30Cl2N2O6. The van der Waals surface area contributed by atoms with E-state index in [4.69, 9.17) is 31.5 Å². The standard InChI is InChI=1S/C24H29ClN2O6.ClH/c1-4-20(26)22(29)31-15-32-23(30)24(2,3)33-19-11-5-16(6-12-19)13-14-27-21(28)17-7-9-18(25)10-8-17;/h5-12,20H,4,13-15,26H2,1-3H3,(H,27,28);1H. The van der Waals surface area contributed by atoms with Crippen molar-refractivity contribution in [1.82, 2.24) is 5.32 Å².